The molecule has 1 aromatic heterocycles. The highest BCUT2D eigenvalue weighted by Gasteiger charge is 2.24. The minimum Gasteiger partial charge on any atom is -0.507 e. The second-order valence-electron chi connectivity index (χ2n) is 5.25. The largest absolute Gasteiger partial charge is 0.507 e. The number of aromatic nitrogens is 3. The lowest BCUT2D eigenvalue weighted by atomic mass is 10.0. The Morgan fingerprint density at radius 1 is 1.09 bits per heavy atom. The number of fused-ring (bicyclic) bond motifs is 1. The summed E-state index contributed by atoms with van der Waals surface area (Å²) in [5.41, 5.74) is 2.65. The van der Waals surface area contributed by atoms with Gasteiger partial charge in [-0.05, 0) is 35.9 Å². The number of rotatable bonds is 2. The molecule has 2 heterocycles. The number of aromatic hydroxyl groups is 1. The molecule has 0 saturated carbocycles. The molecule has 1 aliphatic rings. The molecule has 0 amide bonds. The Kier molecular flexibility index (Phi) is 3.38. The van der Waals surface area contributed by atoms with Crippen LogP contribution in [0.25, 0.3) is 5.70 Å². The SMILES string of the molecule is Oc1ccccc1C1=CC(c2ccc(Br)cc2)n2ncnc2N1. The number of nitrogens with zero attached hydrogens (tertiary/aromatic N) is 3. The molecule has 0 aliphatic carbocycles. The molecular formula is C17H13BrN4O. The van der Waals surface area contributed by atoms with Crippen LogP contribution in [-0.4, -0.2) is 19.9 Å². The third kappa shape index (κ3) is 2.51. The van der Waals surface area contributed by atoms with Crippen molar-refractivity contribution in [1.29, 1.82) is 0 Å². The highest BCUT2D eigenvalue weighted by atomic mass is 79.9. The Hall–Kier alpha value is -2.60. The van der Waals surface area contributed by atoms with Crippen LogP contribution in [0.15, 0.2) is 65.4 Å². The maximum absolute atomic E-state index is 10.1. The van der Waals surface area contributed by atoms with Crippen molar-refractivity contribution < 1.29 is 5.11 Å². The summed E-state index contributed by atoms with van der Waals surface area (Å²) in [7, 11) is 0. The smallest absolute Gasteiger partial charge is 0.226 e. The molecule has 1 unspecified atom stereocenters. The quantitative estimate of drug-likeness (QED) is 0.721. The van der Waals surface area contributed by atoms with Gasteiger partial charge in [-0.25, -0.2) is 4.68 Å². The number of nitrogens with one attached hydrogen (secondary N) is 1. The lowest BCUT2D eigenvalue weighted by Crippen LogP contribution is -2.20. The maximum atomic E-state index is 10.1. The van der Waals surface area contributed by atoms with Gasteiger partial charge in [0.1, 0.15) is 18.1 Å². The van der Waals surface area contributed by atoms with Gasteiger partial charge in [0.25, 0.3) is 0 Å². The van der Waals surface area contributed by atoms with Gasteiger partial charge in [0.05, 0.1) is 5.70 Å². The van der Waals surface area contributed by atoms with Crippen molar-refractivity contribution in [3.63, 3.8) is 0 Å². The molecule has 114 valence electrons. The second-order valence-corrected chi connectivity index (χ2v) is 6.16. The monoisotopic (exact) mass is 368 g/mol. The van der Waals surface area contributed by atoms with Gasteiger partial charge >= 0.3 is 0 Å². The van der Waals surface area contributed by atoms with Crippen molar-refractivity contribution in [1.82, 2.24) is 14.8 Å². The van der Waals surface area contributed by atoms with Gasteiger partial charge < -0.3 is 10.4 Å². The summed E-state index contributed by atoms with van der Waals surface area (Å²) in [6, 6.07) is 15.3. The van der Waals surface area contributed by atoms with Crippen LogP contribution in [0, 0.1) is 0 Å². The fourth-order valence-electron chi connectivity index (χ4n) is 2.69. The van der Waals surface area contributed by atoms with Crippen LogP contribution in [0.1, 0.15) is 17.2 Å². The molecule has 6 heteroatoms. The van der Waals surface area contributed by atoms with E-state index >= 15 is 0 Å². The molecule has 1 atom stereocenters. The van der Waals surface area contributed by atoms with Gasteiger partial charge in [-0.1, -0.05) is 40.2 Å². The fourth-order valence-corrected chi connectivity index (χ4v) is 2.95. The van der Waals surface area contributed by atoms with Gasteiger partial charge in [0.15, 0.2) is 0 Å². The van der Waals surface area contributed by atoms with Crippen molar-refractivity contribution >= 4 is 27.6 Å². The van der Waals surface area contributed by atoms with E-state index in [0.29, 0.717) is 5.95 Å². The zero-order chi connectivity index (χ0) is 15.8. The predicted octanol–water partition coefficient (Wildman–Crippen LogP) is 3.80. The van der Waals surface area contributed by atoms with Crippen LogP contribution in [0.3, 0.4) is 0 Å². The van der Waals surface area contributed by atoms with Crippen molar-refractivity contribution in [2.45, 2.75) is 6.04 Å². The average molecular weight is 369 g/mol. The van der Waals surface area contributed by atoms with Crippen molar-refractivity contribution in [3.05, 3.63) is 76.5 Å². The number of hydrogen-bond acceptors (Lipinski definition) is 4. The molecular weight excluding hydrogens is 356 g/mol. The molecule has 5 nitrogen and oxygen atoms in total. The zero-order valence-corrected chi connectivity index (χ0v) is 13.6. The number of allylic oxidation sites excluding steroid dienone is 1. The average Bonchev–Trinajstić information content (AvgIpc) is 3.04. The zero-order valence-electron chi connectivity index (χ0n) is 12.0. The van der Waals surface area contributed by atoms with E-state index in [1.165, 1.54) is 6.33 Å². The summed E-state index contributed by atoms with van der Waals surface area (Å²) in [4.78, 5) is 4.26. The predicted molar refractivity (Wildman–Crippen MR) is 92.0 cm³/mol. The highest BCUT2D eigenvalue weighted by molar-refractivity contribution is 9.10. The number of para-hydroxylation sites is 1. The maximum Gasteiger partial charge on any atom is 0.226 e. The number of halogens is 1. The van der Waals surface area contributed by atoms with E-state index < -0.39 is 0 Å². The van der Waals surface area contributed by atoms with E-state index in [1.54, 1.807) is 12.1 Å². The van der Waals surface area contributed by atoms with Gasteiger partial charge in [0.2, 0.25) is 5.95 Å². The van der Waals surface area contributed by atoms with Gasteiger partial charge in [0, 0.05) is 10.0 Å². The fraction of sp³-hybridized carbons (Fsp3) is 0.0588. The lowest BCUT2D eigenvalue weighted by molar-refractivity contribution is 0.473. The van der Waals surface area contributed by atoms with Crippen molar-refractivity contribution in [2.75, 3.05) is 5.32 Å². The summed E-state index contributed by atoms with van der Waals surface area (Å²) in [6.45, 7) is 0. The third-order valence-electron chi connectivity index (χ3n) is 3.81. The lowest BCUT2D eigenvalue weighted by Gasteiger charge is -2.24. The topological polar surface area (TPSA) is 63.0 Å². The van der Waals surface area contributed by atoms with Gasteiger partial charge in [-0.15, -0.1) is 0 Å². The van der Waals surface area contributed by atoms with Crippen molar-refractivity contribution in [2.24, 2.45) is 0 Å². The van der Waals surface area contributed by atoms with Crippen LogP contribution in [0.2, 0.25) is 0 Å². The Bertz CT molecular complexity index is 886. The van der Waals surface area contributed by atoms with E-state index in [0.717, 1.165) is 21.3 Å². The number of benzene rings is 2. The Balaban J connectivity index is 1.83. The normalized spacial score (nSPS) is 16.4. The van der Waals surface area contributed by atoms with Crippen LogP contribution in [0.4, 0.5) is 5.95 Å². The minimum atomic E-state index is -0.0866. The van der Waals surface area contributed by atoms with Crippen LogP contribution in [-0.2, 0) is 0 Å². The van der Waals surface area contributed by atoms with Crippen LogP contribution < -0.4 is 5.32 Å². The molecule has 0 bridgehead atoms. The summed E-state index contributed by atoms with van der Waals surface area (Å²) in [5, 5.41) is 17.7. The number of hydrogen-bond donors (Lipinski definition) is 2. The molecule has 1 aliphatic heterocycles. The summed E-state index contributed by atoms with van der Waals surface area (Å²) < 4.78 is 2.85. The number of phenolic OH excluding ortho intramolecular Hbond substituents is 1. The highest BCUT2D eigenvalue weighted by Crippen LogP contribution is 2.34. The molecule has 23 heavy (non-hydrogen) atoms. The van der Waals surface area contributed by atoms with E-state index in [9.17, 15) is 5.11 Å². The first-order valence-electron chi connectivity index (χ1n) is 7.14. The molecule has 0 spiro atoms. The first-order chi connectivity index (χ1) is 11.2. The molecule has 3 aromatic rings. The number of anilines is 1. The second kappa shape index (κ2) is 5.55. The van der Waals surface area contributed by atoms with Crippen molar-refractivity contribution in [3.8, 4) is 5.75 Å². The van der Waals surface area contributed by atoms with Gasteiger partial charge in [-0.2, -0.15) is 10.1 Å². The standard InChI is InChI=1S/C17H13BrN4O/c18-12-7-5-11(6-8-12)15-9-14(13-3-1-2-4-16(13)23)21-17-19-10-20-22(15)17/h1-10,15,23H,(H,19,20,21). The summed E-state index contributed by atoms with van der Waals surface area (Å²) in [5.74, 6) is 0.882. The molecule has 0 radical (unpaired) electrons. The first kappa shape index (κ1) is 14.0. The minimum absolute atomic E-state index is 0.0866. The van der Waals surface area contributed by atoms with Crippen LogP contribution >= 0.6 is 15.9 Å². The summed E-state index contributed by atoms with van der Waals surface area (Å²) >= 11 is 3.46. The van der Waals surface area contributed by atoms with E-state index in [4.69, 9.17) is 0 Å². The van der Waals surface area contributed by atoms with Gasteiger partial charge in [-0.3, -0.25) is 0 Å². The third-order valence-corrected chi connectivity index (χ3v) is 4.34. The molecule has 4 rings (SSSR count). The Morgan fingerprint density at radius 3 is 2.65 bits per heavy atom. The first-order valence-corrected chi connectivity index (χ1v) is 7.94. The van der Waals surface area contributed by atoms with Crippen LogP contribution in [0.5, 0.6) is 5.75 Å². The number of phenols is 1. The molecule has 0 saturated heterocycles. The molecule has 2 aromatic carbocycles. The summed E-state index contributed by atoms with van der Waals surface area (Å²) in [6.07, 6.45) is 3.57. The molecule has 0 fully saturated rings. The van der Waals surface area contributed by atoms with E-state index in [1.807, 2.05) is 47.2 Å². The molecule has 2 N–H and O–H groups in total. The van der Waals surface area contributed by atoms with E-state index in [-0.39, 0.29) is 11.8 Å². The Labute approximate surface area is 141 Å². The van der Waals surface area contributed by atoms with E-state index in [2.05, 4.69) is 31.3 Å². The Morgan fingerprint density at radius 2 is 1.87 bits per heavy atom.